The second-order valence-electron chi connectivity index (χ2n) is 4.51. The smallest absolute Gasteiger partial charge is 0.224 e. The molecule has 2 rings (SSSR count). The fraction of sp³-hybridized carbons (Fsp3) is 0.188. The quantitative estimate of drug-likeness (QED) is 0.814. The van der Waals surface area contributed by atoms with E-state index in [1.165, 1.54) is 0 Å². The molecule has 2 N–H and O–H groups in total. The van der Waals surface area contributed by atoms with E-state index in [1.54, 1.807) is 0 Å². The average Bonchev–Trinajstić information content (AvgIpc) is 2.41. The Kier molecular flexibility index (Phi) is 5.18. The van der Waals surface area contributed by atoms with Crippen LogP contribution in [0.5, 0.6) is 0 Å². The zero-order chi connectivity index (χ0) is 14.4. The van der Waals surface area contributed by atoms with E-state index < -0.39 is 0 Å². The second kappa shape index (κ2) is 7.10. The first kappa shape index (κ1) is 14.6. The molecular formula is C16H17BrN2O. The molecule has 0 spiro atoms. The van der Waals surface area contributed by atoms with Crippen LogP contribution in [0.3, 0.4) is 0 Å². The fourth-order valence-corrected chi connectivity index (χ4v) is 2.22. The molecular weight excluding hydrogens is 316 g/mol. The average molecular weight is 333 g/mol. The molecule has 104 valence electrons. The molecule has 1 amide bonds. The Balaban J connectivity index is 1.99. The van der Waals surface area contributed by atoms with Gasteiger partial charge in [0.2, 0.25) is 5.91 Å². The van der Waals surface area contributed by atoms with Gasteiger partial charge in [0, 0.05) is 28.0 Å². The minimum Gasteiger partial charge on any atom is -0.355 e. The lowest BCUT2D eigenvalue weighted by atomic mass is 10.2. The van der Waals surface area contributed by atoms with Crippen molar-refractivity contribution in [3.63, 3.8) is 0 Å². The summed E-state index contributed by atoms with van der Waals surface area (Å²) in [6.07, 6.45) is 1.41. The van der Waals surface area contributed by atoms with Gasteiger partial charge in [-0.15, -0.1) is 0 Å². The SMILES string of the molecule is CCCC(=O)Nc1ccc(Nc2cccc(Br)c2)cc1. The summed E-state index contributed by atoms with van der Waals surface area (Å²) in [7, 11) is 0. The van der Waals surface area contributed by atoms with Crippen LogP contribution in [0.2, 0.25) is 0 Å². The van der Waals surface area contributed by atoms with Gasteiger partial charge in [0.05, 0.1) is 0 Å². The van der Waals surface area contributed by atoms with Gasteiger partial charge < -0.3 is 10.6 Å². The Labute approximate surface area is 127 Å². The van der Waals surface area contributed by atoms with Crippen LogP contribution in [-0.4, -0.2) is 5.91 Å². The van der Waals surface area contributed by atoms with Crippen LogP contribution in [0.15, 0.2) is 53.0 Å². The first-order valence-corrected chi connectivity index (χ1v) is 7.39. The largest absolute Gasteiger partial charge is 0.355 e. The van der Waals surface area contributed by atoms with E-state index in [4.69, 9.17) is 0 Å². The van der Waals surface area contributed by atoms with Crippen molar-refractivity contribution < 1.29 is 4.79 Å². The van der Waals surface area contributed by atoms with Crippen molar-refractivity contribution in [2.24, 2.45) is 0 Å². The number of benzene rings is 2. The molecule has 0 aliphatic carbocycles. The number of anilines is 3. The van der Waals surface area contributed by atoms with Crippen molar-refractivity contribution in [2.75, 3.05) is 10.6 Å². The molecule has 0 heterocycles. The van der Waals surface area contributed by atoms with Crippen molar-refractivity contribution in [3.8, 4) is 0 Å². The minimum atomic E-state index is 0.0557. The van der Waals surface area contributed by atoms with Crippen LogP contribution in [0.4, 0.5) is 17.1 Å². The van der Waals surface area contributed by atoms with E-state index in [0.29, 0.717) is 6.42 Å². The van der Waals surface area contributed by atoms with Crippen molar-refractivity contribution in [3.05, 3.63) is 53.0 Å². The molecule has 0 aliphatic rings. The van der Waals surface area contributed by atoms with Crippen LogP contribution in [0, 0.1) is 0 Å². The maximum Gasteiger partial charge on any atom is 0.224 e. The minimum absolute atomic E-state index is 0.0557. The van der Waals surface area contributed by atoms with Crippen LogP contribution in [0.25, 0.3) is 0 Å². The first-order chi connectivity index (χ1) is 9.67. The third-order valence-electron chi connectivity index (χ3n) is 2.76. The van der Waals surface area contributed by atoms with Crippen LogP contribution in [0.1, 0.15) is 19.8 Å². The highest BCUT2D eigenvalue weighted by atomic mass is 79.9. The molecule has 4 heteroatoms. The van der Waals surface area contributed by atoms with E-state index in [0.717, 1.165) is 28.0 Å². The molecule has 0 unspecified atom stereocenters. The van der Waals surface area contributed by atoms with E-state index in [-0.39, 0.29) is 5.91 Å². The maximum atomic E-state index is 11.5. The predicted octanol–water partition coefficient (Wildman–Crippen LogP) is 4.93. The molecule has 0 saturated carbocycles. The monoisotopic (exact) mass is 332 g/mol. The molecule has 0 aromatic heterocycles. The van der Waals surface area contributed by atoms with Crippen molar-refractivity contribution in [1.29, 1.82) is 0 Å². The van der Waals surface area contributed by atoms with Crippen LogP contribution < -0.4 is 10.6 Å². The van der Waals surface area contributed by atoms with Crippen molar-refractivity contribution in [1.82, 2.24) is 0 Å². The van der Waals surface area contributed by atoms with Gasteiger partial charge in [-0.2, -0.15) is 0 Å². The Morgan fingerprint density at radius 2 is 1.75 bits per heavy atom. The molecule has 0 aliphatic heterocycles. The summed E-state index contributed by atoms with van der Waals surface area (Å²) in [5, 5.41) is 6.18. The summed E-state index contributed by atoms with van der Waals surface area (Å²) >= 11 is 3.44. The van der Waals surface area contributed by atoms with Gasteiger partial charge in [0.25, 0.3) is 0 Å². The normalized spacial score (nSPS) is 10.1. The van der Waals surface area contributed by atoms with Gasteiger partial charge in [0.15, 0.2) is 0 Å². The Morgan fingerprint density at radius 1 is 1.05 bits per heavy atom. The summed E-state index contributed by atoms with van der Waals surface area (Å²) in [5.74, 6) is 0.0557. The number of hydrogen-bond donors (Lipinski definition) is 2. The number of rotatable bonds is 5. The van der Waals surface area contributed by atoms with E-state index in [9.17, 15) is 4.79 Å². The number of halogens is 1. The van der Waals surface area contributed by atoms with E-state index >= 15 is 0 Å². The van der Waals surface area contributed by atoms with Gasteiger partial charge in [-0.3, -0.25) is 4.79 Å². The molecule has 3 nitrogen and oxygen atoms in total. The lowest BCUT2D eigenvalue weighted by molar-refractivity contribution is -0.116. The summed E-state index contributed by atoms with van der Waals surface area (Å²) in [6.45, 7) is 1.99. The first-order valence-electron chi connectivity index (χ1n) is 6.60. The lowest BCUT2D eigenvalue weighted by Crippen LogP contribution is -2.10. The highest BCUT2D eigenvalue weighted by Gasteiger charge is 2.01. The van der Waals surface area contributed by atoms with Gasteiger partial charge in [-0.1, -0.05) is 28.9 Å². The molecule has 20 heavy (non-hydrogen) atoms. The fourth-order valence-electron chi connectivity index (χ4n) is 1.82. The van der Waals surface area contributed by atoms with E-state index in [1.807, 2.05) is 55.5 Å². The topological polar surface area (TPSA) is 41.1 Å². The molecule has 0 radical (unpaired) electrons. The Morgan fingerprint density at radius 3 is 2.40 bits per heavy atom. The number of hydrogen-bond acceptors (Lipinski definition) is 2. The summed E-state index contributed by atoms with van der Waals surface area (Å²) in [6, 6.07) is 15.7. The molecule has 0 atom stereocenters. The van der Waals surface area contributed by atoms with Gasteiger partial charge in [-0.05, 0) is 48.9 Å². The Bertz CT molecular complexity index is 581. The highest BCUT2D eigenvalue weighted by molar-refractivity contribution is 9.10. The van der Waals surface area contributed by atoms with E-state index in [2.05, 4.69) is 26.6 Å². The molecule has 2 aromatic carbocycles. The summed E-state index contributed by atoms with van der Waals surface area (Å²) in [5.41, 5.74) is 2.82. The van der Waals surface area contributed by atoms with Crippen LogP contribution in [-0.2, 0) is 4.79 Å². The summed E-state index contributed by atoms with van der Waals surface area (Å²) in [4.78, 5) is 11.5. The highest BCUT2D eigenvalue weighted by Crippen LogP contribution is 2.21. The molecule has 0 fully saturated rings. The maximum absolute atomic E-state index is 11.5. The third-order valence-corrected chi connectivity index (χ3v) is 3.25. The second-order valence-corrected chi connectivity index (χ2v) is 5.43. The summed E-state index contributed by atoms with van der Waals surface area (Å²) < 4.78 is 1.03. The van der Waals surface area contributed by atoms with Crippen molar-refractivity contribution >= 4 is 38.9 Å². The predicted molar refractivity (Wildman–Crippen MR) is 87.4 cm³/mol. The lowest BCUT2D eigenvalue weighted by Gasteiger charge is -2.09. The van der Waals surface area contributed by atoms with Crippen molar-refractivity contribution in [2.45, 2.75) is 19.8 Å². The van der Waals surface area contributed by atoms with Gasteiger partial charge in [0.1, 0.15) is 0 Å². The molecule has 0 bridgehead atoms. The number of amides is 1. The Hall–Kier alpha value is -1.81. The zero-order valence-corrected chi connectivity index (χ0v) is 12.9. The molecule has 2 aromatic rings. The van der Waals surface area contributed by atoms with Crippen LogP contribution >= 0.6 is 15.9 Å². The molecule has 0 saturated heterocycles. The zero-order valence-electron chi connectivity index (χ0n) is 11.3. The number of carbonyl (C=O) groups is 1. The number of nitrogens with one attached hydrogen (secondary N) is 2. The standard InChI is InChI=1S/C16H17BrN2O/c1-2-4-16(20)19-14-9-7-13(8-10-14)18-15-6-3-5-12(17)11-15/h3,5-11,18H,2,4H2,1H3,(H,19,20). The van der Waals surface area contributed by atoms with Gasteiger partial charge >= 0.3 is 0 Å². The third kappa shape index (κ3) is 4.38. The van der Waals surface area contributed by atoms with Gasteiger partial charge in [-0.25, -0.2) is 0 Å². The number of carbonyl (C=O) groups excluding carboxylic acids is 1.